The molecule has 1 atom stereocenters. The smallest absolute Gasteiger partial charge is 0.409 e. The third-order valence-electron chi connectivity index (χ3n) is 3.42. The van der Waals surface area contributed by atoms with Gasteiger partial charge in [-0.25, -0.2) is 4.79 Å². The maximum atomic E-state index is 11.8. The molecule has 1 unspecified atom stereocenters. The molecular weight excluding hydrogens is 232 g/mol. The van der Waals surface area contributed by atoms with E-state index in [0.717, 1.165) is 39.0 Å². The van der Waals surface area contributed by atoms with E-state index < -0.39 is 0 Å². The molecule has 104 valence electrons. The highest BCUT2D eigenvalue weighted by atomic mass is 16.6. The number of ether oxygens (including phenoxy) is 2. The van der Waals surface area contributed by atoms with Gasteiger partial charge in [0.1, 0.15) is 12.7 Å². The first-order valence-electron chi connectivity index (χ1n) is 6.87. The zero-order valence-corrected chi connectivity index (χ0v) is 11.4. The highest BCUT2D eigenvalue weighted by Crippen LogP contribution is 2.16. The van der Waals surface area contributed by atoms with Crippen LogP contribution in [0.15, 0.2) is 0 Å². The van der Waals surface area contributed by atoms with Crippen LogP contribution in [-0.4, -0.2) is 55.5 Å². The summed E-state index contributed by atoms with van der Waals surface area (Å²) in [4.78, 5) is 13.6. The van der Waals surface area contributed by atoms with Crippen molar-refractivity contribution in [3.8, 4) is 0 Å². The molecule has 2 fully saturated rings. The van der Waals surface area contributed by atoms with Crippen LogP contribution in [-0.2, 0) is 9.47 Å². The number of nitrogens with one attached hydrogen (secondary N) is 1. The highest BCUT2D eigenvalue weighted by molar-refractivity contribution is 5.67. The number of nitrogens with zero attached hydrogens (tertiary/aromatic N) is 1. The van der Waals surface area contributed by atoms with Gasteiger partial charge in [-0.2, -0.15) is 0 Å². The van der Waals surface area contributed by atoms with Gasteiger partial charge in [-0.1, -0.05) is 0 Å². The van der Waals surface area contributed by atoms with Crippen molar-refractivity contribution >= 4 is 6.09 Å². The molecule has 0 aromatic carbocycles. The van der Waals surface area contributed by atoms with Crippen molar-refractivity contribution in [3.05, 3.63) is 0 Å². The van der Waals surface area contributed by atoms with Gasteiger partial charge < -0.3 is 19.7 Å². The van der Waals surface area contributed by atoms with Crippen LogP contribution in [0.1, 0.15) is 33.1 Å². The SMILES string of the molecule is CC1(C)CNCC(COC(=O)N2CCCCC2)O1. The summed E-state index contributed by atoms with van der Waals surface area (Å²) >= 11 is 0. The van der Waals surface area contributed by atoms with E-state index in [4.69, 9.17) is 9.47 Å². The molecule has 2 aliphatic heterocycles. The van der Waals surface area contributed by atoms with Crippen LogP contribution in [0, 0.1) is 0 Å². The molecule has 1 N–H and O–H groups in total. The van der Waals surface area contributed by atoms with Gasteiger partial charge in [-0.3, -0.25) is 0 Å². The second kappa shape index (κ2) is 5.89. The van der Waals surface area contributed by atoms with E-state index in [1.165, 1.54) is 6.42 Å². The molecule has 2 heterocycles. The predicted octanol–water partition coefficient (Wildman–Crippen LogP) is 1.38. The van der Waals surface area contributed by atoms with Gasteiger partial charge in [0.15, 0.2) is 0 Å². The van der Waals surface area contributed by atoms with Crippen molar-refractivity contribution < 1.29 is 14.3 Å². The maximum Gasteiger partial charge on any atom is 0.409 e. The number of piperidine rings is 1. The molecule has 0 saturated carbocycles. The second-order valence-electron chi connectivity index (χ2n) is 5.76. The van der Waals surface area contributed by atoms with Gasteiger partial charge in [-0.15, -0.1) is 0 Å². The monoisotopic (exact) mass is 256 g/mol. The third-order valence-corrected chi connectivity index (χ3v) is 3.42. The third kappa shape index (κ3) is 3.85. The number of morpholine rings is 1. The highest BCUT2D eigenvalue weighted by Gasteiger charge is 2.29. The Labute approximate surface area is 109 Å². The standard InChI is InChI=1S/C13H24N2O3/c1-13(2)10-14-8-11(18-13)9-17-12(16)15-6-4-3-5-7-15/h11,14H,3-10H2,1-2H3. The van der Waals surface area contributed by atoms with Gasteiger partial charge in [-0.05, 0) is 33.1 Å². The number of likely N-dealkylation sites (tertiary alicyclic amines) is 1. The second-order valence-corrected chi connectivity index (χ2v) is 5.76. The van der Waals surface area contributed by atoms with E-state index in [2.05, 4.69) is 5.32 Å². The lowest BCUT2D eigenvalue weighted by molar-refractivity contribution is -0.113. The lowest BCUT2D eigenvalue weighted by atomic mass is 10.1. The molecule has 5 nitrogen and oxygen atoms in total. The molecule has 0 spiro atoms. The molecule has 5 heteroatoms. The fourth-order valence-electron chi connectivity index (χ4n) is 2.49. The number of carbonyl (C=O) groups is 1. The Balaban J connectivity index is 1.72. The van der Waals surface area contributed by atoms with Gasteiger partial charge in [0.2, 0.25) is 0 Å². The van der Waals surface area contributed by atoms with Gasteiger partial charge >= 0.3 is 6.09 Å². The summed E-state index contributed by atoms with van der Waals surface area (Å²) in [5, 5.41) is 3.30. The minimum Gasteiger partial charge on any atom is -0.447 e. The maximum absolute atomic E-state index is 11.8. The first-order valence-corrected chi connectivity index (χ1v) is 6.87. The Hall–Kier alpha value is -0.810. The molecule has 2 rings (SSSR count). The van der Waals surface area contributed by atoms with Crippen LogP contribution in [0.2, 0.25) is 0 Å². The van der Waals surface area contributed by atoms with Crippen molar-refractivity contribution in [2.75, 3.05) is 32.8 Å². The predicted molar refractivity (Wildman–Crippen MR) is 68.6 cm³/mol. The number of carbonyl (C=O) groups excluding carboxylic acids is 1. The Morgan fingerprint density at radius 1 is 1.39 bits per heavy atom. The van der Waals surface area contributed by atoms with Crippen molar-refractivity contribution in [3.63, 3.8) is 0 Å². The van der Waals surface area contributed by atoms with E-state index >= 15 is 0 Å². The molecule has 0 aromatic heterocycles. The van der Waals surface area contributed by atoms with Crippen LogP contribution in [0.5, 0.6) is 0 Å². The minimum atomic E-state index is -0.193. The Morgan fingerprint density at radius 3 is 2.78 bits per heavy atom. The summed E-state index contributed by atoms with van der Waals surface area (Å²) in [5.74, 6) is 0. The average molecular weight is 256 g/mol. The lowest BCUT2D eigenvalue weighted by Crippen LogP contribution is -2.52. The Morgan fingerprint density at radius 2 is 2.11 bits per heavy atom. The Kier molecular flexibility index (Phi) is 4.45. The summed E-state index contributed by atoms with van der Waals surface area (Å²) in [6.07, 6.45) is 3.16. The zero-order chi connectivity index (χ0) is 13.0. The topological polar surface area (TPSA) is 50.8 Å². The molecule has 0 aromatic rings. The van der Waals surface area contributed by atoms with Crippen molar-refractivity contribution in [2.24, 2.45) is 0 Å². The molecular formula is C13H24N2O3. The first-order chi connectivity index (χ1) is 8.57. The summed E-state index contributed by atoms with van der Waals surface area (Å²) in [7, 11) is 0. The van der Waals surface area contributed by atoms with Crippen LogP contribution < -0.4 is 5.32 Å². The number of hydrogen-bond donors (Lipinski definition) is 1. The fraction of sp³-hybridized carbons (Fsp3) is 0.923. The molecule has 1 amide bonds. The summed E-state index contributed by atoms with van der Waals surface area (Å²) in [5.41, 5.74) is -0.180. The van der Waals surface area contributed by atoms with E-state index in [0.29, 0.717) is 6.61 Å². The summed E-state index contributed by atoms with van der Waals surface area (Å²) in [6.45, 7) is 7.66. The average Bonchev–Trinajstić information content (AvgIpc) is 2.36. The van der Waals surface area contributed by atoms with E-state index in [1.807, 2.05) is 13.8 Å². The molecule has 18 heavy (non-hydrogen) atoms. The van der Waals surface area contributed by atoms with Gasteiger partial charge in [0, 0.05) is 26.2 Å². The van der Waals surface area contributed by atoms with Crippen molar-refractivity contribution in [1.29, 1.82) is 0 Å². The number of hydrogen-bond acceptors (Lipinski definition) is 4. The molecule has 2 aliphatic rings. The van der Waals surface area contributed by atoms with Crippen LogP contribution in [0.25, 0.3) is 0 Å². The minimum absolute atomic E-state index is 0.0394. The number of rotatable bonds is 2. The fourth-order valence-corrected chi connectivity index (χ4v) is 2.49. The lowest BCUT2D eigenvalue weighted by Gasteiger charge is -2.36. The Bertz CT molecular complexity index is 288. The first kappa shape index (κ1) is 13.6. The molecule has 0 radical (unpaired) electrons. The van der Waals surface area contributed by atoms with Crippen LogP contribution in [0.4, 0.5) is 4.79 Å². The largest absolute Gasteiger partial charge is 0.447 e. The van der Waals surface area contributed by atoms with E-state index in [1.54, 1.807) is 4.90 Å². The molecule has 0 bridgehead atoms. The van der Waals surface area contributed by atoms with Crippen molar-refractivity contribution in [2.45, 2.75) is 44.8 Å². The van der Waals surface area contributed by atoms with E-state index in [9.17, 15) is 4.79 Å². The van der Waals surface area contributed by atoms with Gasteiger partial charge in [0.05, 0.1) is 5.60 Å². The molecule has 0 aliphatic carbocycles. The summed E-state index contributed by atoms with van der Waals surface area (Å²) in [6, 6.07) is 0. The van der Waals surface area contributed by atoms with Crippen molar-refractivity contribution in [1.82, 2.24) is 10.2 Å². The van der Waals surface area contributed by atoms with Crippen LogP contribution in [0.3, 0.4) is 0 Å². The quantitative estimate of drug-likeness (QED) is 0.811. The molecule has 2 saturated heterocycles. The zero-order valence-electron chi connectivity index (χ0n) is 11.4. The van der Waals surface area contributed by atoms with Crippen LogP contribution >= 0.6 is 0 Å². The summed E-state index contributed by atoms with van der Waals surface area (Å²) < 4.78 is 11.2. The normalized spacial score (nSPS) is 27.9. The number of amides is 1. The van der Waals surface area contributed by atoms with Gasteiger partial charge in [0.25, 0.3) is 0 Å². The van der Waals surface area contributed by atoms with E-state index in [-0.39, 0.29) is 17.8 Å².